The van der Waals surface area contributed by atoms with Crippen LogP contribution in [0.5, 0.6) is 0 Å². The van der Waals surface area contributed by atoms with Crippen molar-refractivity contribution in [2.24, 2.45) is 0 Å². The summed E-state index contributed by atoms with van der Waals surface area (Å²) in [5.41, 5.74) is -0.165. The van der Waals surface area contributed by atoms with Crippen molar-refractivity contribution in [3.05, 3.63) is 75.4 Å². The predicted molar refractivity (Wildman–Crippen MR) is 137 cm³/mol. The molecule has 1 atom stereocenters. The lowest BCUT2D eigenvalue weighted by Gasteiger charge is -2.19. The monoisotopic (exact) mass is 532 g/mol. The molecule has 0 saturated heterocycles. The summed E-state index contributed by atoms with van der Waals surface area (Å²) in [6.45, 7) is 5.69. The number of carboxylic acids is 1. The van der Waals surface area contributed by atoms with E-state index < -0.39 is 34.9 Å². The predicted octanol–water partition coefficient (Wildman–Crippen LogP) is 7.24. The van der Waals surface area contributed by atoms with E-state index in [0.29, 0.717) is 24.3 Å². The summed E-state index contributed by atoms with van der Waals surface area (Å²) in [6, 6.07) is 6.60. The zero-order valence-corrected chi connectivity index (χ0v) is 21.4. The molecule has 2 N–H and O–H groups in total. The summed E-state index contributed by atoms with van der Waals surface area (Å²) in [5.74, 6) is -4.77. The van der Waals surface area contributed by atoms with Gasteiger partial charge in [0.1, 0.15) is 17.5 Å². The number of aliphatic carboxylic acids is 1. The molecule has 1 aromatic heterocycles. The molecule has 0 aliphatic rings. The molecule has 0 radical (unpaired) electrons. The number of benzene rings is 2. The number of carboxylic acid groups (broad SMARTS) is 1. The molecule has 2 aromatic carbocycles. The van der Waals surface area contributed by atoms with Gasteiger partial charge >= 0.3 is 5.97 Å². The lowest BCUT2D eigenvalue weighted by atomic mass is 10.0. The highest BCUT2D eigenvalue weighted by Gasteiger charge is 2.21. The third-order valence-corrected chi connectivity index (χ3v) is 6.25. The van der Waals surface area contributed by atoms with Crippen molar-refractivity contribution in [2.75, 3.05) is 11.9 Å². The Balaban J connectivity index is 1.82. The van der Waals surface area contributed by atoms with Crippen molar-refractivity contribution < 1.29 is 32.6 Å². The highest BCUT2D eigenvalue weighted by Crippen LogP contribution is 2.33. The average molecular weight is 533 g/mol. The first kappa shape index (κ1) is 28.1. The van der Waals surface area contributed by atoms with Crippen LogP contribution in [0.1, 0.15) is 67.6 Å². The van der Waals surface area contributed by atoms with Gasteiger partial charge in [-0.3, -0.25) is 10.1 Å². The normalized spacial score (nSPS) is 12.4. The second-order valence-electron chi connectivity index (χ2n) is 8.33. The van der Waals surface area contributed by atoms with Crippen molar-refractivity contribution in [3.8, 4) is 11.3 Å². The summed E-state index contributed by atoms with van der Waals surface area (Å²) in [4.78, 5) is 27.8. The molecule has 1 amide bonds. The highest BCUT2D eigenvalue weighted by atomic mass is 32.1. The Bertz CT molecular complexity index is 1300. The Hall–Kier alpha value is -3.50. The minimum Gasteiger partial charge on any atom is -0.478 e. The van der Waals surface area contributed by atoms with Crippen LogP contribution >= 0.6 is 11.3 Å². The van der Waals surface area contributed by atoms with Gasteiger partial charge in [-0.15, -0.1) is 11.3 Å². The molecule has 196 valence electrons. The summed E-state index contributed by atoms with van der Waals surface area (Å²) >= 11 is 1.03. The van der Waals surface area contributed by atoms with Gasteiger partial charge in [-0.1, -0.05) is 32.4 Å². The molecule has 3 rings (SSSR count). The second kappa shape index (κ2) is 12.6. The molecule has 0 spiro atoms. The summed E-state index contributed by atoms with van der Waals surface area (Å²) in [6.07, 6.45) is 2.76. The average Bonchev–Trinajstić information content (AvgIpc) is 3.32. The SMILES string of the molecule is CCCOC(CCC)c1cccc(-c2csc(NC(=O)c3cc(F)c(C=C(C)C(=O)O)c(F)c3)n2)c1F. The van der Waals surface area contributed by atoms with Crippen molar-refractivity contribution >= 4 is 34.4 Å². The Morgan fingerprint density at radius 1 is 1.16 bits per heavy atom. The van der Waals surface area contributed by atoms with E-state index in [2.05, 4.69) is 10.3 Å². The molecular formula is C27H27F3N2O4S. The highest BCUT2D eigenvalue weighted by molar-refractivity contribution is 7.14. The van der Waals surface area contributed by atoms with Crippen LogP contribution in [-0.4, -0.2) is 28.6 Å². The molecule has 1 unspecified atom stereocenters. The number of aromatic nitrogens is 1. The number of thiazole rings is 1. The van der Waals surface area contributed by atoms with E-state index in [9.17, 15) is 18.4 Å². The fourth-order valence-corrected chi connectivity index (χ4v) is 4.31. The van der Waals surface area contributed by atoms with Gasteiger partial charge in [-0.25, -0.2) is 22.9 Å². The number of amides is 1. The van der Waals surface area contributed by atoms with Crippen LogP contribution in [-0.2, 0) is 9.53 Å². The number of hydrogen-bond donors (Lipinski definition) is 2. The first-order chi connectivity index (χ1) is 17.7. The van der Waals surface area contributed by atoms with E-state index in [1.54, 1.807) is 23.6 Å². The molecule has 0 fully saturated rings. The molecule has 0 aliphatic heterocycles. The zero-order chi connectivity index (χ0) is 27.1. The first-order valence-electron chi connectivity index (χ1n) is 11.7. The maximum atomic E-state index is 15.4. The molecule has 0 bridgehead atoms. The molecular weight excluding hydrogens is 505 g/mol. The Morgan fingerprint density at radius 3 is 2.49 bits per heavy atom. The van der Waals surface area contributed by atoms with Crippen LogP contribution in [0.15, 0.2) is 41.3 Å². The number of ether oxygens (including phenoxy) is 1. The van der Waals surface area contributed by atoms with Gasteiger partial charge in [0, 0.05) is 39.8 Å². The lowest BCUT2D eigenvalue weighted by molar-refractivity contribution is -0.132. The summed E-state index contributed by atoms with van der Waals surface area (Å²) in [7, 11) is 0. The quantitative estimate of drug-likeness (QED) is 0.254. The van der Waals surface area contributed by atoms with Gasteiger partial charge in [-0.2, -0.15) is 0 Å². The van der Waals surface area contributed by atoms with E-state index in [0.717, 1.165) is 42.4 Å². The summed E-state index contributed by atoms with van der Waals surface area (Å²) < 4.78 is 50.1. The van der Waals surface area contributed by atoms with Gasteiger partial charge in [0.05, 0.1) is 11.8 Å². The third kappa shape index (κ3) is 6.84. The lowest BCUT2D eigenvalue weighted by Crippen LogP contribution is -2.13. The summed E-state index contributed by atoms with van der Waals surface area (Å²) in [5, 5.41) is 13.1. The first-order valence-corrected chi connectivity index (χ1v) is 12.6. The van der Waals surface area contributed by atoms with Crippen LogP contribution in [0.3, 0.4) is 0 Å². The largest absolute Gasteiger partial charge is 0.478 e. The topological polar surface area (TPSA) is 88.5 Å². The number of anilines is 1. The third-order valence-electron chi connectivity index (χ3n) is 5.49. The van der Waals surface area contributed by atoms with Gasteiger partial charge in [0.25, 0.3) is 5.91 Å². The van der Waals surface area contributed by atoms with Crippen LogP contribution in [0, 0.1) is 17.5 Å². The van der Waals surface area contributed by atoms with Gasteiger partial charge in [0.2, 0.25) is 0 Å². The van der Waals surface area contributed by atoms with Crippen molar-refractivity contribution in [3.63, 3.8) is 0 Å². The number of nitrogens with one attached hydrogen (secondary N) is 1. The fourth-order valence-electron chi connectivity index (χ4n) is 3.60. The van der Waals surface area contributed by atoms with E-state index >= 15 is 4.39 Å². The van der Waals surface area contributed by atoms with Crippen LogP contribution < -0.4 is 5.32 Å². The number of carbonyl (C=O) groups excluding carboxylic acids is 1. The number of halogens is 3. The van der Waals surface area contributed by atoms with E-state index in [4.69, 9.17) is 9.84 Å². The minimum atomic E-state index is -1.32. The van der Waals surface area contributed by atoms with E-state index in [1.807, 2.05) is 13.8 Å². The molecule has 37 heavy (non-hydrogen) atoms. The van der Waals surface area contributed by atoms with E-state index in [-0.39, 0.29) is 27.9 Å². The van der Waals surface area contributed by atoms with Gasteiger partial charge in [-0.05, 0) is 44.0 Å². The number of carbonyl (C=O) groups is 2. The Labute approximate surface area is 216 Å². The van der Waals surface area contributed by atoms with Crippen LogP contribution in [0.4, 0.5) is 18.3 Å². The van der Waals surface area contributed by atoms with Crippen LogP contribution in [0.25, 0.3) is 17.3 Å². The fraction of sp³-hybridized carbons (Fsp3) is 0.296. The Morgan fingerprint density at radius 2 is 1.86 bits per heavy atom. The van der Waals surface area contributed by atoms with Crippen LogP contribution in [0.2, 0.25) is 0 Å². The second-order valence-corrected chi connectivity index (χ2v) is 9.19. The maximum Gasteiger partial charge on any atom is 0.331 e. The molecule has 0 saturated carbocycles. The number of hydrogen-bond acceptors (Lipinski definition) is 5. The van der Waals surface area contributed by atoms with Crippen molar-refractivity contribution in [1.29, 1.82) is 0 Å². The van der Waals surface area contributed by atoms with E-state index in [1.165, 1.54) is 6.92 Å². The van der Waals surface area contributed by atoms with Gasteiger partial charge < -0.3 is 9.84 Å². The Kier molecular flexibility index (Phi) is 9.60. The molecule has 6 nitrogen and oxygen atoms in total. The molecule has 0 aliphatic carbocycles. The smallest absolute Gasteiger partial charge is 0.331 e. The standard InChI is InChI=1S/C27H27F3N2O4S/c1-4-7-23(36-10-5-2)18-9-6-8-17(24(18)30)22-14-37-27(31-22)32-25(33)16-12-20(28)19(21(29)13-16)11-15(3)26(34)35/h6,8-9,11-14,23H,4-5,7,10H2,1-3H3,(H,34,35)(H,31,32,33). The molecule has 10 heteroatoms. The minimum absolute atomic E-state index is 0.114. The number of nitrogens with zero attached hydrogens (tertiary/aromatic N) is 1. The van der Waals surface area contributed by atoms with Gasteiger partial charge in [0.15, 0.2) is 5.13 Å². The molecule has 1 heterocycles. The van der Waals surface area contributed by atoms with Crippen molar-refractivity contribution in [1.82, 2.24) is 4.98 Å². The number of rotatable bonds is 11. The molecule has 3 aromatic rings. The maximum absolute atomic E-state index is 15.4. The van der Waals surface area contributed by atoms with Crippen molar-refractivity contribution in [2.45, 2.75) is 46.1 Å². The zero-order valence-electron chi connectivity index (χ0n) is 20.6.